The molecule has 0 atom stereocenters. The maximum Gasteiger partial charge on any atom is 0.194 e. The Bertz CT molecular complexity index is 818. The molecule has 1 aromatic rings. The van der Waals surface area contributed by atoms with Gasteiger partial charge in [-0.15, -0.1) is 24.0 Å². The molecule has 10 heteroatoms. The fourth-order valence-corrected chi connectivity index (χ4v) is 4.71. The van der Waals surface area contributed by atoms with Gasteiger partial charge in [0.05, 0.1) is 31.8 Å². The smallest absolute Gasteiger partial charge is 0.194 e. The van der Waals surface area contributed by atoms with Crippen molar-refractivity contribution in [2.75, 3.05) is 53.3 Å². The van der Waals surface area contributed by atoms with E-state index in [9.17, 15) is 8.42 Å². The molecule has 1 aromatic carbocycles. The van der Waals surface area contributed by atoms with Gasteiger partial charge in [0.1, 0.15) is 17.2 Å². The van der Waals surface area contributed by atoms with Gasteiger partial charge in [-0.25, -0.2) is 8.42 Å². The number of guanidine groups is 1. The van der Waals surface area contributed by atoms with Crippen molar-refractivity contribution < 1.29 is 22.6 Å². The number of hydrogen-bond donors (Lipinski definition) is 1. The predicted octanol–water partition coefficient (Wildman–Crippen LogP) is 2.35. The summed E-state index contributed by atoms with van der Waals surface area (Å²) in [4.78, 5) is 6.75. The topological polar surface area (TPSA) is 89.5 Å². The number of ether oxygens (including phenoxy) is 3. The fraction of sp³-hybridized carbons (Fsp3) is 0.650. The zero-order chi connectivity index (χ0) is 21.7. The third-order valence-corrected chi connectivity index (χ3v) is 7.65. The summed E-state index contributed by atoms with van der Waals surface area (Å²) in [6.45, 7) is 7.60. The molecule has 0 amide bonds. The number of sulfone groups is 1. The highest BCUT2D eigenvalue weighted by Gasteiger charge is 2.40. The zero-order valence-electron chi connectivity index (χ0n) is 18.6. The van der Waals surface area contributed by atoms with Crippen LogP contribution in [0.5, 0.6) is 17.2 Å². The second-order valence-electron chi connectivity index (χ2n) is 7.50. The van der Waals surface area contributed by atoms with Gasteiger partial charge in [0.2, 0.25) is 0 Å². The van der Waals surface area contributed by atoms with Gasteiger partial charge in [0.25, 0.3) is 0 Å². The van der Waals surface area contributed by atoms with Crippen LogP contribution in [0.25, 0.3) is 0 Å². The first-order valence-corrected chi connectivity index (χ1v) is 11.4. The Morgan fingerprint density at radius 1 is 1.17 bits per heavy atom. The van der Waals surface area contributed by atoms with Crippen molar-refractivity contribution in [2.45, 2.75) is 31.9 Å². The van der Waals surface area contributed by atoms with E-state index in [4.69, 9.17) is 19.2 Å². The molecule has 1 N–H and O–H groups in total. The number of halogens is 1. The van der Waals surface area contributed by atoms with Crippen LogP contribution in [0.4, 0.5) is 0 Å². The highest BCUT2D eigenvalue weighted by Crippen LogP contribution is 2.34. The summed E-state index contributed by atoms with van der Waals surface area (Å²) in [6, 6.07) is 3.65. The summed E-state index contributed by atoms with van der Waals surface area (Å²) >= 11 is 0. The van der Waals surface area contributed by atoms with E-state index in [1.54, 1.807) is 35.2 Å². The van der Waals surface area contributed by atoms with Gasteiger partial charge in [0.15, 0.2) is 15.8 Å². The Kier molecular flexibility index (Phi) is 9.99. The van der Waals surface area contributed by atoms with Crippen molar-refractivity contribution in [3.05, 3.63) is 17.7 Å². The Morgan fingerprint density at radius 2 is 1.77 bits per heavy atom. The number of hydrogen-bond acceptors (Lipinski definition) is 6. The molecule has 1 saturated heterocycles. The molecule has 1 aliphatic heterocycles. The molecule has 0 radical (unpaired) electrons. The minimum absolute atomic E-state index is 0. The van der Waals surface area contributed by atoms with Crippen molar-refractivity contribution in [3.8, 4) is 17.2 Å². The second kappa shape index (κ2) is 11.3. The lowest BCUT2D eigenvalue weighted by Crippen LogP contribution is -2.57. The van der Waals surface area contributed by atoms with E-state index >= 15 is 0 Å². The molecule has 1 fully saturated rings. The molecule has 0 bridgehead atoms. The molecule has 172 valence electrons. The van der Waals surface area contributed by atoms with E-state index in [1.807, 2.05) is 24.0 Å². The first-order chi connectivity index (χ1) is 13.7. The number of nitrogens with one attached hydrogen (secondary N) is 1. The van der Waals surface area contributed by atoms with Crippen LogP contribution in [0.2, 0.25) is 0 Å². The molecular formula is C20H34IN3O5S. The Labute approximate surface area is 197 Å². The maximum atomic E-state index is 12.3. The third kappa shape index (κ3) is 6.05. The standard InChI is InChI=1S/C20H33N3O5S.HI/c1-7-21-19(23-10-11-29(24,25)20(2,3)14-23)22-9-8-16-17(27-5)12-15(26-4)13-18(16)28-6;/h12-13H,7-11,14H2,1-6H3,(H,21,22);1H. The first-order valence-electron chi connectivity index (χ1n) is 9.73. The molecule has 0 spiro atoms. The number of nitrogens with zero attached hydrogens (tertiary/aromatic N) is 2. The van der Waals surface area contributed by atoms with E-state index < -0.39 is 14.6 Å². The maximum absolute atomic E-state index is 12.3. The summed E-state index contributed by atoms with van der Waals surface area (Å²) in [7, 11) is 1.72. The van der Waals surface area contributed by atoms with Crippen LogP contribution < -0.4 is 19.5 Å². The van der Waals surface area contributed by atoms with E-state index in [0.29, 0.717) is 49.8 Å². The molecule has 0 aromatic heterocycles. The average molecular weight is 555 g/mol. The largest absolute Gasteiger partial charge is 0.496 e. The van der Waals surface area contributed by atoms with Gasteiger partial charge in [0, 0.05) is 43.9 Å². The highest BCUT2D eigenvalue weighted by atomic mass is 127. The minimum atomic E-state index is -3.10. The third-order valence-electron chi connectivity index (χ3n) is 5.12. The van der Waals surface area contributed by atoms with Gasteiger partial charge in [-0.1, -0.05) is 0 Å². The van der Waals surface area contributed by atoms with Gasteiger partial charge in [-0.3, -0.25) is 4.99 Å². The predicted molar refractivity (Wildman–Crippen MR) is 131 cm³/mol. The van der Waals surface area contributed by atoms with Crippen LogP contribution in [0.3, 0.4) is 0 Å². The van der Waals surface area contributed by atoms with Crippen LogP contribution in [-0.2, 0) is 16.3 Å². The molecule has 30 heavy (non-hydrogen) atoms. The number of aliphatic imine (C=N–C) groups is 1. The number of benzene rings is 1. The highest BCUT2D eigenvalue weighted by molar-refractivity contribution is 14.0. The number of rotatable bonds is 7. The van der Waals surface area contributed by atoms with E-state index in [-0.39, 0.29) is 29.7 Å². The van der Waals surface area contributed by atoms with Gasteiger partial charge < -0.3 is 24.4 Å². The van der Waals surface area contributed by atoms with Crippen molar-refractivity contribution in [2.24, 2.45) is 4.99 Å². The fourth-order valence-electron chi connectivity index (χ4n) is 3.35. The van der Waals surface area contributed by atoms with E-state index in [1.165, 1.54) is 0 Å². The van der Waals surface area contributed by atoms with Crippen LogP contribution >= 0.6 is 24.0 Å². The first kappa shape index (κ1) is 26.6. The van der Waals surface area contributed by atoms with Crippen molar-refractivity contribution in [1.82, 2.24) is 10.2 Å². The molecular weight excluding hydrogens is 521 g/mol. The van der Waals surface area contributed by atoms with Crippen LogP contribution in [-0.4, -0.2) is 77.3 Å². The monoisotopic (exact) mass is 555 g/mol. The Morgan fingerprint density at radius 3 is 2.23 bits per heavy atom. The molecule has 1 aliphatic rings. The zero-order valence-corrected chi connectivity index (χ0v) is 21.8. The lowest BCUT2D eigenvalue weighted by Gasteiger charge is -2.39. The summed E-state index contributed by atoms with van der Waals surface area (Å²) < 4.78 is 40.1. The lowest BCUT2D eigenvalue weighted by molar-refractivity contribution is 0.353. The summed E-state index contributed by atoms with van der Waals surface area (Å²) in [5.74, 6) is 2.89. The van der Waals surface area contributed by atoms with Gasteiger partial charge >= 0.3 is 0 Å². The van der Waals surface area contributed by atoms with Crippen LogP contribution in [0.15, 0.2) is 17.1 Å². The van der Waals surface area contributed by atoms with E-state index in [0.717, 1.165) is 11.5 Å². The van der Waals surface area contributed by atoms with Crippen molar-refractivity contribution in [3.63, 3.8) is 0 Å². The number of methoxy groups -OCH3 is 3. The Balaban J connectivity index is 0.00000450. The average Bonchev–Trinajstić information content (AvgIpc) is 2.69. The second-order valence-corrected chi connectivity index (χ2v) is 10.2. The quantitative estimate of drug-likeness (QED) is 0.314. The normalized spacial score (nSPS) is 17.7. The summed E-state index contributed by atoms with van der Waals surface area (Å²) in [5.41, 5.74) is 0.914. The van der Waals surface area contributed by atoms with Gasteiger partial charge in [-0.05, 0) is 27.2 Å². The van der Waals surface area contributed by atoms with E-state index in [2.05, 4.69) is 5.32 Å². The van der Waals surface area contributed by atoms with Crippen LogP contribution in [0.1, 0.15) is 26.3 Å². The lowest BCUT2D eigenvalue weighted by atomic mass is 10.1. The molecule has 1 heterocycles. The Hall–Kier alpha value is -1.43. The van der Waals surface area contributed by atoms with Crippen molar-refractivity contribution >= 4 is 39.8 Å². The summed E-state index contributed by atoms with van der Waals surface area (Å²) in [6.07, 6.45) is 0.612. The SMILES string of the molecule is CCNC(=NCCc1c(OC)cc(OC)cc1OC)N1CCS(=O)(=O)C(C)(C)C1.I. The summed E-state index contributed by atoms with van der Waals surface area (Å²) in [5, 5.41) is 3.28. The minimum Gasteiger partial charge on any atom is -0.496 e. The molecule has 2 rings (SSSR count). The molecule has 8 nitrogen and oxygen atoms in total. The van der Waals surface area contributed by atoms with Gasteiger partial charge in [-0.2, -0.15) is 0 Å². The van der Waals surface area contributed by atoms with Crippen LogP contribution in [0, 0.1) is 0 Å². The molecule has 0 unspecified atom stereocenters. The van der Waals surface area contributed by atoms with Crippen molar-refractivity contribution in [1.29, 1.82) is 0 Å². The molecule has 0 saturated carbocycles. The molecule has 0 aliphatic carbocycles.